The van der Waals surface area contributed by atoms with Crippen molar-refractivity contribution < 1.29 is 58.8 Å². The molecule has 0 spiro atoms. The third-order valence-electron chi connectivity index (χ3n) is 6.38. The van der Waals surface area contributed by atoms with E-state index in [0.29, 0.717) is 0 Å². The van der Waals surface area contributed by atoms with Crippen molar-refractivity contribution in [1.82, 2.24) is 31.9 Å². The standard InChI is InChI=1S/C27H46N8O12/c1-13(2)11-18(24(44)33-16(6-8-20(38)39)23(43)34-17(26(46)47)7-9-21(40)41)35-22(42)15(5-4-10-30-27(28)29)32-25(45)19(12-36)31-14(3)37/h13,15-19,36H,4-12H2,1-3H3,(H,31,37)(H,32,45)(H,33,44)(H,34,43)(H,35,42)(H,38,39)(H,40,41)(H,46,47)(H4,28,29,30)/t15-,16-,17-,18-,19-/m0/s1. The van der Waals surface area contributed by atoms with Gasteiger partial charge in [0.05, 0.1) is 6.61 Å². The second kappa shape index (κ2) is 21.7. The Hall–Kier alpha value is -5.01. The summed E-state index contributed by atoms with van der Waals surface area (Å²) in [5.74, 6) is -9.21. The van der Waals surface area contributed by atoms with Crippen LogP contribution in [-0.2, 0) is 38.4 Å². The topological polar surface area (TPSA) is 340 Å². The number of guanidine groups is 1. The van der Waals surface area contributed by atoms with Gasteiger partial charge in [-0.3, -0.25) is 39.0 Å². The van der Waals surface area contributed by atoms with Crippen molar-refractivity contribution in [2.45, 2.75) is 95.9 Å². The Bertz CT molecular complexity index is 1150. The molecule has 0 rings (SSSR count). The molecule has 20 heteroatoms. The van der Waals surface area contributed by atoms with Crippen LogP contribution >= 0.6 is 0 Å². The maximum atomic E-state index is 13.4. The molecule has 0 unspecified atom stereocenters. The molecule has 47 heavy (non-hydrogen) atoms. The fourth-order valence-electron chi connectivity index (χ4n) is 4.09. The van der Waals surface area contributed by atoms with E-state index in [2.05, 4.69) is 31.9 Å². The Kier molecular flexibility index (Phi) is 19.4. The number of carbonyl (C=O) groups excluding carboxylic acids is 5. The van der Waals surface area contributed by atoms with Crippen molar-refractivity contribution in [3.05, 3.63) is 0 Å². The molecule has 0 aliphatic rings. The molecule has 0 aromatic heterocycles. The van der Waals surface area contributed by atoms with Crippen molar-refractivity contribution in [2.24, 2.45) is 11.7 Å². The van der Waals surface area contributed by atoms with Crippen molar-refractivity contribution >= 4 is 53.4 Å². The number of aliphatic carboxylic acids is 3. The average Bonchev–Trinajstić information content (AvgIpc) is 2.95. The minimum absolute atomic E-state index is 0.00107. The van der Waals surface area contributed by atoms with Crippen LogP contribution in [0.5, 0.6) is 0 Å². The molecule has 0 fully saturated rings. The van der Waals surface area contributed by atoms with Crippen LogP contribution in [-0.4, -0.2) is 117 Å². The van der Waals surface area contributed by atoms with Crippen molar-refractivity contribution in [1.29, 1.82) is 5.41 Å². The lowest BCUT2D eigenvalue weighted by Crippen LogP contribution is -2.59. The van der Waals surface area contributed by atoms with Crippen LogP contribution in [0.3, 0.4) is 0 Å². The van der Waals surface area contributed by atoms with Crippen molar-refractivity contribution in [3.8, 4) is 0 Å². The Balaban J connectivity index is 6.09. The minimum atomic E-state index is -1.66. The molecule has 0 saturated carbocycles. The smallest absolute Gasteiger partial charge is 0.326 e. The summed E-state index contributed by atoms with van der Waals surface area (Å²) in [5.41, 5.74) is 5.26. The number of aliphatic hydroxyl groups is 1. The Morgan fingerprint density at radius 2 is 1.09 bits per heavy atom. The Labute approximate surface area is 270 Å². The Morgan fingerprint density at radius 3 is 1.51 bits per heavy atom. The zero-order valence-corrected chi connectivity index (χ0v) is 26.5. The highest BCUT2D eigenvalue weighted by Gasteiger charge is 2.33. The second-order valence-corrected chi connectivity index (χ2v) is 11.0. The summed E-state index contributed by atoms with van der Waals surface area (Å²) in [6, 6.07) is -7.31. The number of nitrogens with one attached hydrogen (secondary N) is 7. The predicted molar refractivity (Wildman–Crippen MR) is 162 cm³/mol. The number of carboxylic acids is 3. The van der Waals surface area contributed by atoms with E-state index in [-0.39, 0.29) is 37.7 Å². The molecule has 0 aromatic rings. The number of carboxylic acid groups (broad SMARTS) is 3. The minimum Gasteiger partial charge on any atom is -0.481 e. The fourth-order valence-corrected chi connectivity index (χ4v) is 4.09. The van der Waals surface area contributed by atoms with Crippen LogP contribution in [0.4, 0.5) is 0 Å². The van der Waals surface area contributed by atoms with Crippen molar-refractivity contribution in [3.63, 3.8) is 0 Å². The molecule has 5 atom stereocenters. The maximum absolute atomic E-state index is 13.4. The molecule has 13 N–H and O–H groups in total. The molecule has 0 aromatic carbocycles. The second-order valence-electron chi connectivity index (χ2n) is 11.0. The molecule has 0 aliphatic carbocycles. The summed E-state index contributed by atoms with van der Waals surface area (Å²) in [6.45, 7) is 3.89. The normalized spacial score (nSPS) is 13.9. The third-order valence-corrected chi connectivity index (χ3v) is 6.38. The Morgan fingerprint density at radius 1 is 0.660 bits per heavy atom. The number of aliphatic hydroxyl groups excluding tert-OH is 1. The zero-order chi connectivity index (χ0) is 36.3. The van der Waals surface area contributed by atoms with Gasteiger partial charge in [-0.2, -0.15) is 0 Å². The molecule has 0 aliphatic heterocycles. The average molecular weight is 675 g/mol. The van der Waals surface area contributed by atoms with Crippen LogP contribution in [0.25, 0.3) is 0 Å². The number of amides is 5. The zero-order valence-electron chi connectivity index (χ0n) is 26.5. The SMILES string of the molecule is CC(=O)N[C@@H](CO)C(=O)N[C@@H](CCCNC(=N)N)C(=O)N[C@@H](CC(C)C)C(=O)N[C@@H](CCC(=O)O)C(=O)N[C@@H](CCC(=O)O)C(=O)O. The van der Waals surface area contributed by atoms with E-state index in [1.165, 1.54) is 0 Å². The molecule has 0 saturated heterocycles. The van der Waals surface area contributed by atoms with Crippen LogP contribution < -0.4 is 37.6 Å². The summed E-state index contributed by atoms with van der Waals surface area (Å²) in [6.07, 6.45) is -2.05. The van der Waals surface area contributed by atoms with Gasteiger partial charge in [-0.25, -0.2) is 4.79 Å². The molecule has 20 nitrogen and oxygen atoms in total. The lowest BCUT2D eigenvalue weighted by molar-refractivity contribution is -0.144. The highest BCUT2D eigenvalue weighted by Crippen LogP contribution is 2.09. The van der Waals surface area contributed by atoms with E-state index in [9.17, 15) is 48.6 Å². The highest BCUT2D eigenvalue weighted by molar-refractivity contribution is 5.96. The summed E-state index contributed by atoms with van der Waals surface area (Å²) < 4.78 is 0. The first-order valence-corrected chi connectivity index (χ1v) is 14.7. The van der Waals surface area contributed by atoms with E-state index in [4.69, 9.17) is 21.4 Å². The number of hydrogen-bond donors (Lipinski definition) is 12. The van der Waals surface area contributed by atoms with Crippen LogP contribution in [0.15, 0.2) is 0 Å². The lowest BCUT2D eigenvalue weighted by atomic mass is 10.0. The van der Waals surface area contributed by atoms with E-state index in [0.717, 1.165) is 6.92 Å². The quantitative estimate of drug-likeness (QED) is 0.0285. The highest BCUT2D eigenvalue weighted by atomic mass is 16.4. The fraction of sp³-hybridized carbons (Fsp3) is 0.667. The third kappa shape index (κ3) is 18.5. The lowest BCUT2D eigenvalue weighted by Gasteiger charge is -2.27. The molecule has 266 valence electrons. The summed E-state index contributed by atoms with van der Waals surface area (Å²) >= 11 is 0. The van der Waals surface area contributed by atoms with E-state index in [1.54, 1.807) is 13.8 Å². The van der Waals surface area contributed by atoms with Gasteiger partial charge < -0.3 is 58.1 Å². The largest absolute Gasteiger partial charge is 0.481 e. The van der Waals surface area contributed by atoms with Crippen LogP contribution in [0, 0.1) is 11.3 Å². The van der Waals surface area contributed by atoms with Gasteiger partial charge in [-0.05, 0) is 38.0 Å². The van der Waals surface area contributed by atoms with Crippen LogP contribution in [0.1, 0.15) is 65.7 Å². The van der Waals surface area contributed by atoms with Crippen LogP contribution in [0.2, 0.25) is 0 Å². The van der Waals surface area contributed by atoms with Crippen molar-refractivity contribution in [2.75, 3.05) is 13.2 Å². The van der Waals surface area contributed by atoms with Gasteiger partial charge in [0.2, 0.25) is 29.5 Å². The summed E-state index contributed by atoms with van der Waals surface area (Å²) in [4.78, 5) is 97.6. The number of carbonyl (C=O) groups is 8. The van der Waals surface area contributed by atoms with Gasteiger partial charge >= 0.3 is 17.9 Å². The van der Waals surface area contributed by atoms with Gasteiger partial charge in [-0.1, -0.05) is 13.8 Å². The molecular formula is C27H46N8O12. The first-order chi connectivity index (χ1) is 21.9. The van der Waals surface area contributed by atoms with E-state index < -0.39 is 110 Å². The van der Waals surface area contributed by atoms with E-state index in [1.807, 2.05) is 0 Å². The molecule has 0 radical (unpaired) electrons. The first kappa shape index (κ1) is 42.0. The molecule has 0 bridgehead atoms. The molecular weight excluding hydrogens is 628 g/mol. The maximum Gasteiger partial charge on any atom is 0.326 e. The molecule has 5 amide bonds. The van der Waals surface area contributed by atoms with Gasteiger partial charge in [0.15, 0.2) is 5.96 Å². The van der Waals surface area contributed by atoms with Gasteiger partial charge in [0.25, 0.3) is 0 Å². The molecule has 0 heterocycles. The summed E-state index contributed by atoms with van der Waals surface area (Å²) in [5, 5.41) is 58.3. The number of hydrogen-bond acceptors (Lipinski definition) is 10. The first-order valence-electron chi connectivity index (χ1n) is 14.7. The predicted octanol–water partition coefficient (Wildman–Crippen LogP) is -3.45. The van der Waals surface area contributed by atoms with E-state index >= 15 is 0 Å². The van der Waals surface area contributed by atoms with Gasteiger partial charge in [-0.15, -0.1) is 0 Å². The number of rotatable bonds is 23. The summed E-state index contributed by atoms with van der Waals surface area (Å²) in [7, 11) is 0. The van der Waals surface area contributed by atoms with Gasteiger partial charge in [0.1, 0.15) is 30.2 Å². The van der Waals surface area contributed by atoms with Gasteiger partial charge in [0, 0.05) is 26.3 Å². The number of nitrogens with two attached hydrogens (primary N) is 1. The monoisotopic (exact) mass is 674 g/mol.